The van der Waals surface area contributed by atoms with E-state index in [0.29, 0.717) is 0 Å². The zero-order valence-electron chi connectivity index (χ0n) is 12.5. The summed E-state index contributed by atoms with van der Waals surface area (Å²) in [6.45, 7) is 4.74. The van der Waals surface area contributed by atoms with Gasteiger partial charge in [-0.15, -0.1) is 0 Å². The van der Waals surface area contributed by atoms with Crippen LogP contribution in [-0.4, -0.2) is 23.6 Å². The summed E-state index contributed by atoms with van der Waals surface area (Å²) >= 11 is 2.07. The largest absolute Gasteiger partial charge is 0.311 e. The molecule has 2 heteroatoms. The van der Waals surface area contributed by atoms with Gasteiger partial charge in [0.1, 0.15) is 0 Å². The number of hydrogen-bond acceptors (Lipinski definition) is 2. The van der Waals surface area contributed by atoms with Crippen LogP contribution in [0.4, 0.5) is 0 Å². The van der Waals surface area contributed by atoms with E-state index < -0.39 is 0 Å². The Hall–Kier alpha value is 0.310. The molecule has 0 heterocycles. The van der Waals surface area contributed by atoms with Gasteiger partial charge in [-0.1, -0.05) is 26.7 Å². The van der Waals surface area contributed by atoms with E-state index in [2.05, 4.69) is 37.2 Å². The molecule has 0 aromatic rings. The number of rotatable bonds is 5. The summed E-state index contributed by atoms with van der Waals surface area (Å²) in [5.41, 5.74) is 0. The number of nitrogens with one attached hydrogen (secondary N) is 1. The molecule has 0 aromatic carbocycles. The van der Waals surface area contributed by atoms with E-state index in [1.807, 2.05) is 0 Å². The molecule has 4 unspecified atom stereocenters. The molecule has 4 atom stereocenters. The molecule has 1 N–H and O–H groups in total. The molecule has 2 fully saturated rings. The lowest BCUT2D eigenvalue weighted by Crippen LogP contribution is -2.40. The van der Waals surface area contributed by atoms with Crippen LogP contribution >= 0.6 is 11.8 Å². The molecular formula is C16H31NS. The molecule has 0 saturated heterocycles. The van der Waals surface area contributed by atoms with Crippen LogP contribution in [-0.2, 0) is 0 Å². The first-order chi connectivity index (χ1) is 8.67. The van der Waals surface area contributed by atoms with Crippen molar-refractivity contribution < 1.29 is 0 Å². The van der Waals surface area contributed by atoms with Gasteiger partial charge in [0.25, 0.3) is 0 Å². The molecule has 0 radical (unpaired) electrons. The summed E-state index contributed by atoms with van der Waals surface area (Å²) in [7, 11) is 0. The normalized spacial score (nSPS) is 37.3. The minimum absolute atomic E-state index is 0.824. The van der Waals surface area contributed by atoms with E-state index in [4.69, 9.17) is 0 Å². The van der Waals surface area contributed by atoms with Crippen molar-refractivity contribution in [2.75, 3.05) is 6.26 Å². The van der Waals surface area contributed by atoms with Crippen LogP contribution in [0.3, 0.4) is 0 Å². The smallest absolute Gasteiger partial charge is 0.00805 e. The molecule has 2 aliphatic carbocycles. The van der Waals surface area contributed by atoms with Crippen molar-refractivity contribution in [3.63, 3.8) is 0 Å². The first-order valence-corrected chi connectivity index (χ1v) is 9.25. The van der Waals surface area contributed by atoms with E-state index in [9.17, 15) is 0 Å². The van der Waals surface area contributed by atoms with Crippen LogP contribution in [0.5, 0.6) is 0 Å². The Morgan fingerprint density at radius 2 is 1.83 bits per heavy atom. The van der Waals surface area contributed by atoms with Crippen molar-refractivity contribution in [3.05, 3.63) is 0 Å². The van der Waals surface area contributed by atoms with E-state index in [-0.39, 0.29) is 0 Å². The third-order valence-electron chi connectivity index (χ3n) is 4.78. The topological polar surface area (TPSA) is 12.0 Å². The molecule has 2 rings (SSSR count). The molecule has 0 aromatic heterocycles. The highest BCUT2D eigenvalue weighted by Crippen LogP contribution is 2.32. The third kappa shape index (κ3) is 4.45. The Kier molecular flexibility index (Phi) is 5.88. The molecule has 1 nitrogen and oxygen atoms in total. The summed E-state index contributed by atoms with van der Waals surface area (Å²) in [5.74, 6) is 1.87. The second kappa shape index (κ2) is 7.19. The van der Waals surface area contributed by atoms with Gasteiger partial charge >= 0.3 is 0 Å². The van der Waals surface area contributed by atoms with Gasteiger partial charge in [0, 0.05) is 17.3 Å². The second-order valence-corrected chi connectivity index (χ2v) is 8.03. The standard InChI is InChI=1S/C16H31NS/c1-12(2)9-13-5-4-6-14(10-13)17-15-7-8-16(11-15)18-3/h12-17H,4-11H2,1-3H3. The van der Waals surface area contributed by atoms with Crippen molar-refractivity contribution in [1.82, 2.24) is 5.32 Å². The molecule has 0 aliphatic heterocycles. The Labute approximate surface area is 118 Å². The summed E-state index contributed by atoms with van der Waals surface area (Å²) in [6, 6.07) is 1.65. The highest BCUT2D eigenvalue weighted by atomic mass is 32.2. The van der Waals surface area contributed by atoms with Crippen molar-refractivity contribution >= 4 is 11.8 Å². The lowest BCUT2D eigenvalue weighted by atomic mass is 9.81. The van der Waals surface area contributed by atoms with Gasteiger partial charge in [0.05, 0.1) is 0 Å². The number of thioether (sulfide) groups is 1. The fourth-order valence-corrected chi connectivity index (χ4v) is 4.76. The summed E-state index contributed by atoms with van der Waals surface area (Å²) in [5, 5.41) is 4.90. The first-order valence-electron chi connectivity index (χ1n) is 7.96. The van der Waals surface area contributed by atoms with Gasteiger partial charge in [-0.25, -0.2) is 0 Å². The van der Waals surface area contributed by atoms with Crippen molar-refractivity contribution in [2.45, 2.75) is 82.5 Å². The second-order valence-electron chi connectivity index (χ2n) is 6.89. The van der Waals surface area contributed by atoms with Crippen LogP contribution in [0.1, 0.15) is 65.2 Å². The van der Waals surface area contributed by atoms with E-state index in [1.54, 1.807) is 0 Å². The maximum atomic E-state index is 3.97. The highest BCUT2D eigenvalue weighted by molar-refractivity contribution is 7.99. The molecular weight excluding hydrogens is 238 g/mol. The quantitative estimate of drug-likeness (QED) is 0.790. The van der Waals surface area contributed by atoms with Crippen molar-refractivity contribution in [1.29, 1.82) is 0 Å². The lowest BCUT2D eigenvalue weighted by molar-refractivity contribution is 0.240. The fourth-order valence-electron chi connectivity index (χ4n) is 3.96. The van der Waals surface area contributed by atoms with E-state index in [0.717, 1.165) is 29.2 Å². The molecule has 0 spiro atoms. The van der Waals surface area contributed by atoms with Gasteiger partial charge in [0.2, 0.25) is 0 Å². The fraction of sp³-hybridized carbons (Fsp3) is 1.00. The molecule has 0 bridgehead atoms. The molecule has 0 amide bonds. The van der Waals surface area contributed by atoms with Gasteiger partial charge < -0.3 is 5.32 Å². The summed E-state index contributed by atoms with van der Waals surface area (Å²) < 4.78 is 0. The molecule has 18 heavy (non-hydrogen) atoms. The van der Waals surface area contributed by atoms with E-state index in [1.165, 1.54) is 51.4 Å². The predicted molar refractivity (Wildman–Crippen MR) is 83.3 cm³/mol. The average Bonchev–Trinajstić information content (AvgIpc) is 2.76. The Balaban J connectivity index is 1.72. The van der Waals surface area contributed by atoms with Crippen LogP contribution in [0.2, 0.25) is 0 Å². The minimum Gasteiger partial charge on any atom is -0.311 e. The number of hydrogen-bond donors (Lipinski definition) is 1. The van der Waals surface area contributed by atoms with Gasteiger partial charge in [0.15, 0.2) is 0 Å². The first kappa shape index (κ1) is 14.7. The zero-order chi connectivity index (χ0) is 13.0. The summed E-state index contributed by atoms with van der Waals surface area (Å²) in [4.78, 5) is 0. The van der Waals surface area contributed by atoms with Crippen molar-refractivity contribution in [3.8, 4) is 0 Å². The Bertz CT molecular complexity index is 241. The Morgan fingerprint density at radius 1 is 1.06 bits per heavy atom. The van der Waals surface area contributed by atoms with Crippen LogP contribution < -0.4 is 5.32 Å². The highest BCUT2D eigenvalue weighted by Gasteiger charge is 2.28. The Morgan fingerprint density at radius 3 is 2.50 bits per heavy atom. The summed E-state index contributed by atoms with van der Waals surface area (Å²) in [6.07, 6.45) is 13.8. The maximum Gasteiger partial charge on any atom is 0.00805 e. The predicted octanol–water partition coefficient (Wildman–Crippen LogP) is 4.47. The monoisotopic (exact) mass is 269 g/mol. The third-order valence-corrected chi connectivity index (χ3v) is 5.87. The maximum absolute atomic E-state index is 3.97. The lowest BCUT2D eigenvalue weighted by Gasteiger charge is -2.32. The van der Waals surface area contributed by atoms with Crippen molar-refractivity contribution in [2.24, 2.45) is 11.8 Å². The van der Waals surface area contributed by atoms with Gasteiger partial charge in [-0.3, -0.25) is 0 Å². The van der Waals surface area contributed by atoms with Crippen LogP contribution in [0, 0.1) is 11.8 Å². The zero-order valence-corrected chi connectivity index (χ0v) is 13.3. The van der Waals surface area contributed by atoms with Crippen LogP contribution in [0.15, 0.2) is 0 Å². The molecule has 106 valence electrons. The SMILES string of the molecule is CSC1CCC(NC2CCCC(CC(C)C)C2)C1. The average molecular weight is 269 g/mol. The molecule has 2 saturated carbocycles. The van der Waals surface area contributed by atoms with E-state index >= 15 is 0 Å². The van der Waals surface area contributed by atoms with Crippen LogP contribution in [0.25, 0.3) is 0 Å². The minimum atomic E-state index is 0.824. The molecule has 2 aliphatic rings. The van der Waals surface area contributed by atoms with Gasteiger partial charge in [-0.05, 0) is 56.6 Å². The van der Waals surface area contributed by atoms with Gasteiger partial charge in [-0.2, -0.15) is 11.8 Å².